The molecular weight excluding hydrogens is 328 g/mol. The standard InChI is InChI=1S/C21H26N2O3/c1-15-6-4-5-7-17(15)13-21(10-11-21)22-20(25)23(2)14-16-8-9-19(26-3)18(24)12-16/h4-9,12,24H,10-11,13-14H2,1-3H3,(H,22,25). The van der Waals surface area contributed by atoms with Crippen LogP contribution in [0.25, 0.3) is 0 Å². The molecule has 2 N–H and O–H groups in total. The molecule has 0 heterocycles. The smallest absolute Gasteiger partial charge is 0.317 e. The molecule has 0 aliphatic heterocycles. The molecule has 2 aromatic carbocycles. The lowest BCUT2D eigenvalue weighted by Crippen LogP contribution is -2.45. The molecule has 0 radical (unpaired) electrons. The highest BCUT2D eigenvalue weighted by Crippen LogP contribution is 2.39. The molecule has 1 aliphatic rings. The highest BCUT2D eigenvalue weighted by molar-refractivity contribution is 5.75. The third kappa shape index (κ3) is 4.10. The van der Waals surface area contributed by atoms with Crippen LogP contribution in [0.5, 0.6) is 11.5 Å². The number of ether oxygens (including phenoxy) is 1. The topological polar surface area (TPSA) is 61.8 Å². The summed E-state index contributed by atoms with van der Waals surface area (Å²) in [6, 6.07) is 13.4. The van der Waals surface area contributed by atoms with Crippen molar-refractivity contribution in [2.75, 3.05) is 14.2 Å². The lowest BCUT2D eigenvalue weighted by Gasteiger charge is -2.24. The van der Waals surface area contributed by atoms with Gasteiger partial charge in [0, 0.05) is 19.1 Å². The van der Waals surface area contributed by atoms with E-state index in [-0.39, 0.29) is 17.3 Å². The molecule has 0 atom stereocenters. The van der Waals surface area contributed by atoms with Crippen LogP contribution in [0.2, 0.25) is 0 Å². The van der Waals surface area contributed by atoms with E-state index in [9.17, 15) is 9.90 Å². The van der Waals surface area contributed by atoms with Crippen molar-refractivity contribution in [1.82, 2.24) is 10.2 Å². The third-order valence-corrected chi connectivity index (χ3v) is 5.03. The Morgan fingerprint density at radius 2 is 2.00 bits per heavy atom. The van der Waals surface area contributed by atoms with Crippen LogP contribution >= 0.6 is 0 Å². The number of carbonyl (C=O) groups excluding carboxylic acids is 1. The summed E-state index contributed by atoms with van der Waals surface area (Å²) in [6.07, 6.45) is 2.87. The fourth-order valence-electron chi connectivity index (χ4n) is 3.17. The van der Waals surface area contributed by atoms with E-state index in [2.05, 4.69) is 24.4 Å². The predicted molar refractivity (Wildman–Crippen MR) is 102 cm³/mol. The van der Waals surface area contributed by atoms with E-state index in [4.69, 9.17) is 4.74 Å². The Labute approximate surface area is 154 Å². The highest BCUT2D eigenvalue weighted by atomic mass is 16.5. The van der Waals surface area contributed by atoms with Gasteiger partial charge >= 0.3 is 6.03 Å². The van der Waals surface area contributed by atoms with Gasteiger partial charge in [-0.1, -0.05) is 30.3 Å². The Bertz CT molecular complexity index is 800. The largest absolute Gasteiger partial charge is 0.504 e. The number of amides is 2. The van der Waals surface area contributed by atoms with Crippen molar-refractivity contribution in [3.63, 3.8) is 0 Å². The van der Waals surface area contributed by atoms with E-state index in [1.54, 1.807) is 24.1 Å². The van der Waals surface area contributed by atoms with Crippen molar-refractivity contribution in [1.29, 1.82) is 0 Å². The van der Waals surface area contributed by atoms with E-state index < -0.39 is 0 Å². The van der Waals surface area contributed by atoms with E-state index in [1.165, 1.54) is 18.2 Å². The van der Waals surface area contributed by atoms with Gasteiger partial charge in [0.05, 0.1) is 7.11 Å². The van der Waals surface area contributed by atoms with E-state index in [0.29, 0.717) is 12.3 Å². The molecule has 2 aromatic rings. The molecule has 5 nitrogen and oxygen atoms in total. The normalized spacial score (nSPS) is 14.6. The summed E-state index contributed by atoms with van der Waals surface area (Å²) in [6.45, 7) is 2.53. The number of hydrogen-bond acceptors (Lipinski definition) is 3. The molecule has 1 saturated carbocycles. The number of benzene rings is 2. The second-order valence-corrected chi connectivity index (χ2v) is 7.18. The Hall–Kier alpha value is -2.69. The molecule has 138 valence electrons. The monoisotopic (exact) mass is 354 g/mol. The van der Waals surface area contributed by atoms with Crippen molar-refractivity contribution in [2.45, 2.75) is 38.3 Å². The Morgan fingerprint density at radius 1 is 1.27 bits per heavy atom. The fourth-order valence-corrected chi connectivity index (χ4v) is 3.17. The number of phenols is 1. The van der Waals surface area contributed by atoms with Gasteiger partial charge < -0.3 is 20.1 Å². The number of hydrogen-bond donors (Lipinski definition) is 2. The summed E-state index contributed by atoms with van der Waals surface area (Å²) in [5, 5.41) is 13.1. The summed E-state index contributed by atoms with van der Waals surface area (Å²) < 4.78 is 5.05. The van der Waals surface area contributed by atoms with Crippen LogP contribution in [-0.2, 0) is 13.0 Å². The first kappa shape index (κ1) is 18.1. The first-order valence-corrected chi connectivity index (χ1v) is 8.86. The molecule has 0 saturated heterocycles. The summed E-state index contributed by atoms with van der Waals surface area (Å²) >= 11 is 0. The van der Waals surface area contributed by atoms with Gasteiger partial charge in [-0.25, -0.2) is 4.79 Å². The molecule has 3 rings (SSSR count). The lowest BCUT2D eigenvalue weighted by molar-refractivity contribution is 0.201. The highest BCUT2D eigenvalue weighted by Gasteiger charge is 2.44. The molecule has 0 unspecified atom stereocenters. The number of phenolic OH excluding ortho intramolecular Hbond substituents is 1. The first-order valence-electron chi connectivity index (χ1n) is 8.86. The van der Waals surface area contributed by atoms with Gasteiger partial charge in [0.2, 0.25) is 0 Å². The Balaban J connectivity index is 1.60. The minimum Gasteiger partial charge on any atom is -0.504 e. The number of nitrogens with zero attached hydrogens (tertiary/aromatic N) is 1. The Kier molecular flexibility index (Phi) is 5.07. The lowest BCUT2D eigenvalue weighted by atomic mass is 10.00. The van der Waals surface area contributed by atoms with Gasteiger partial charge in [-0.3, -0.25) is 0 Å². The maximum Gasteiger partial charge on any atom is 0.317 e. The second kappa shape index (κ2) is 7.28. The van der Waals surface area contributed by atoms with Gasteiger partial charge in [0.1, 0.15) is 0 Å². The van der Waals surface area contributed by atoms with Gasteiger partial charge in [0.15, 0.2) is 11.5 Å². The molecule has 1 fully saturated rings. The van der Waals surface area contributed by atoms with Crippen molar-refractivity contribution in [3.8, 4) is 11.5 Å². The summed E-state index contributed by atoms with van der Waals surface area (Å²) in [7, 11) is 3.28. The molecular formula is C21H26N2O3. The quantitative estimate of drug-likeness (QED) is 0.833. The second-order valence-electron chi connectivity index (χ2n) is 7.18. The van der Waals surface area contributed by atoms with Crippen LogP contribution in [0.3, 0.4) is 0 Å². The average Bonchev–Trinajstić information content (AvgIpc) is 3.36. The van der Waals surface area contributed by atoms with Crippen molar-refractivity contribution in [2.24, 2.45) is 0 Å². The molecule has 1 aliphatic carbocycles. The summed E-state index contributed by atoms with van der Waals surface area (Å²) in [4.78, 5) is 14.3. The maximum atomic E-state index is 12.6. The van der Waals surface area contributed by atoms with Gasteiger partial charge in [0.25, 0.3) is 0 Å². The fraction of sp³-hybridized carbons (Fsp3) is 0.381. The van der Waals surface area contributed by atoms with Gasteiger partial charge in [-0.2, -0.15) is 0 Å². The number of carbonyl (C=O) groups is 1. The van der Waals surface area contributed by atoms with Crippen LogP contribution in [0.4, 0.5) is 4.79 Å². The van der Waals surface area contributed by atoms with Crippen molar-refractivity contribution >= 4 is 6.03 Å². The maximum absolute atomic E-state index is 12.6. The SMILES string of the molecule is COc1ccc(CN(C)C(=O)NC2(Cc3ccccc3C)CC2)cc1O. The van der Waals surface area contributed by atoms with E-state index in [0.717, 1.165) is 24.8 Å². The zero-order chi connectivity index (χ0) is 18.7. The number of urea groups is 1. The molecule has 2 amide bonds. The number of rotatable bonds is 6. The molecule has 5 heteroatoms. The number of methoxy groups -OCH3 is 1. The zero-order valence-corrected chi connectivity index (χ0v) is 15.6. The minimum atomic E-state index is -0.125. The third-order valence-electron chi connectivity index (χ3n) is 5.03. The molecule has 26 heavy (non-hydrogen) atoms. The molecule has 0 spiro atoms. The van der Waals surface area contributed by atoms with Crippen molar-refractivity contribution in [3.05, 3.63) is 59.2 Å². The summed E-state index contributed by atoms with van der Waals surface area (Å²) in [5.41, 5.74) is 3.27. The van der Waals surface area contributed by atoms with E-state index in [1.807, 2.05) is 18.2 Å². The van der Waals surface area contributed by atoms with Crippen LogP contribution in [0.15, 0.2) is 42.5 Å². The van der Waals surface area contributed by atoms with Crippen LogP contribution in [0, 0.1) is 6.92 Å². The minimum absolute atomic E-state index is 0.0806. The van der Waals surface area contributed by atoms with Crippen LogP contribution in [-0.4, -0.2) is 35.7 Å². The average molecular weight is 354 g/mol. The summed E-state index contributed by atoms with van der Waals surface area (Å²) in [5.74, 6) is 0.507. The predicted octanol–water partition coefficient (Wildman–Crippen LogP) is 3.63. The molecule has 0 aromatic heterocycles. The van der Waals surface area contributed by atoms with Crippen molar-refractivity contribution < 1.29 is 14.6 Å². The van der Waals surface area contributed by atoms with Gasteiger partial charge in [-0.05, 0) is 55.0 Å². The van der Waals surface area contributed by atoms with E-state index >= 15 is 0 Å². The zero-order valence-electron chi connectivity index (χ0n) is 15.6. The first-order chi connectivity index (χ1) is 12.4. The van der Waals surface area contributed by atoms with Crippen LogP contribution in [0.1, 0.15) is 29.5 Å². The molecule has 0 bridgehead atoms. The van der Waals surface area contributed by atoms with Crippen LogP contribution < -0.4 is 10.1 Å². The number of nitrogens with one attached hydrogen (secondary N) is 1. The number of aromatic hydroxyl groups is 1. The van der Waals surface area contributed by atoms with Gasteiger partial charge in [-0.15, -0.1) is 0 Å². The Morgan fingerprint density at radius 3 is 2.62 bits per heavy atom. The number of aryl methyl sites for hydroxylation is 1.